The summed E-state index contributed by atoms with van der Waals surface area (Å²) in [4.78, 5) is 53.8. The highest BCUT2D eigenvalue weighted by Crippen LogP contribution is 2.21. The number of nitrogens with two attached hydrogens (primary N) is 1. The number of carboxylic acid groups (broad SMARTS) is 2. The predicted molar refractivity (Wildman–Crippen MR) is 174 cm³/mol. The molecule has 4 aromatic heterocycles. The lowest BCUT2D eigenvalue weighted by atomic mass is 10.1. The fourth-order valence-corrected chi connectivity index (χ4v) is 4.20. The van der Waals surface area contributed by atoms with Gasteiger partial charge in [0.25, 0.3) is 0 Å². The van der Waals surface area contributed by atoms with Crippen molar-refractivity contribution >= 4 is 44.9 Å². The molecule has 0 fully saturated rings. The van der Waals surface area contributed by atoms with Gasteiger partial charge in [-0.25, -0.2) is 23.5 Å². The smallest absolute Gasteiger partial charge is 0.328 e. The molecule has 0 aliphatic rings. The van der Waals surface area contributed by atoms with Crippen molar-refractivity contribution in [2.75, 3.05) is 19.5 Å². The molecule has 0 aliphatic heterocycles. The Balaban J connectivity index is 0.000000280. The van der Waals surface area contributed by atoms with E-state index in [4.69, 9.17) is 25.4 Å². The summed E-state index contributed by atoms with van der Waals surface area (Å²) in [5.74, 6) is -3.17. The van der Waals surface area contributed by atoms with E-state index >= 15 is 0 Å². The molecule has 0 amide bonds. The third-order valence-corrected chi connectivity index (χ3v) is 6.84. The van der Waals surface area contributed by atoms with Gasteiger partial charge < -0.3 is 30.7 Å². The van der Waals surface area contributed by atoms with Gasteiger partial charge in [0.1, 0.15) is 11.1 Å². The first-order chi connectivity index (χ1) is 21.7. The average molecular weight is 728 g/mol. The van der Waals surface area contributed by atoms with Gasteiger partial charge in [0.05, 0.1) is 31.3 Å². The number of hydrogen-bond donors (Lipinski definition) is 4. The molecule has 0 bridgehead atoms. The molecular formula is C30H37BrF2N6O8. The van der Waals surface area contributed by atoms with Crippen LogP contribution in [0.3, 0.4) is 0 Å². The van der Waals surface area contributed by atoms with Crippen LogP contribution in [0.5, 0.6) is 11.5 Å². The zero-order valence-corrected chi connectivity index (χ0v) is 28.7. The lowest BCUT2D eigenvalue weighted by Crippen LogP contribution is -2.41. The van der Waals surface area contributed by atoms with Crippen molar-refractivity contribution in [3.63, 3.8) is 0 Å². The second kappa shape index (κ2) is 15.3. The van der Waals surface area contributed by atoms with Gasteiger partial charge in [-0.3, -0.25) is 23.2 Å². The minimum atomic E-state index is -1.33. The maximum absolute atomic E-state index is 14.3. The van der Waals surface area contributed by atoms with E-state index in [1.807, 2.05) is 6.92 Å². The quantitative estimate of drug-likeness (QED) is 0.206. The maximum Gasteiger partial charge on any atom is 0.328 e. The molecule has 0 aliphatic carbocycles. The van der Waals surface area contributed by atoms with E-state index in [9.17, 15) is 28.0 Å². The number of rotatable bonds is 8. The number of carbonyl (C=O) groups is 2. The van der Waals surface area contributed by atoms with E-state index in [0.29, 0.717) is 28.7 Å². The Hall–Kier alpha value is -4.64. The van der Waals surface area contributed by atoms with E-state index in [1.165, 1.54) is 60.4 Å². The third kappa shape index (κ3) is 9.00. The van der Waals surface area contributed by atoms with Crippen LogP contribution in [0, 0.1) is 11.6 Å². The van der Waals surface area contributed by atoms with Crippen LogP contribution in [0.1, 0.15) is 52.9 Å². The number of anilines is 1. The molecule has 0 saturated carbocycles. The number of aromatic nitrogens is 4. The minimum Gasteiger partial charge on any atom is -0.490 e. The standard InChI is InChI=1S/C15H18FN3O4.C11H10BrFN2O2.C4H9NO2/c1-5-10-11(23-4)13(20)19-7-8(6-9(16)12(19)17-10)18-15(2,3)14(21)22;1-3-8-9(17-2)11(16)15-5-6(12)4-7(13)10(15)14-8;1-4(2,5)3(6)7/h6-7,18H,5H2,1-4H3,(H,21,22);4-5H,3H2,1-2H3;5H2,1-2H3,(H,6,7). The number of methoxy groups -OCH3 is 2. The highest BCUT2D eigenvalue weighted by molar-refractivity contribution is 9.10. The summed E-state index contributed by atoms with van der Waals surface area (Å²) in [5, 5.41) is 19.9. The summed E-state index contributed by atoms with van der Waals surface area (Å²) in [6, 6.07) is 2.38. The first kappa shape index (κ1) is 38.5. The van der Waals surface area contributed by atoms with E-state index in [2.05, 4.69) is 31.2 Å². The van der Waals surface area contributed by atoms with Gasteiger partial charge in [-0.15, -0.1) is 0 Å². The van der Waals surface area contributed by atoms with Gasteiger partial charge in [-0.05, 0) is 62.5 Å². The number of nitrogens with zero attached hydrogens (tertiary/aromatic N) is 4. The fraction of sp³-hybridized carbons (Fsp3) is 0.400. The second-order valence-electron chi connectivity index (χ2n) is 11.1. The van der Waals surface area contributed by atoms with Crippen LogP contribution < -0.4 is 31.6 Å². The summed E-state index contributed by atoms with van der Waals surface area (Å²) >= 11 is 3.13. The van der Waals surface area contributed by atoms with Crippen molar-refractivity contribution in [3.8, 4) is 11.5 Å². The van der Waals surface area contributed by atoms with Crippen LogP contribution in [-0.4, -0.2) is 66.2 Å². The van der Waals surface area contributed by atoms with Crippen LogP contribution in [0.25, 0.3) is 11.3 Å². The van der Waals surface area contributed by atoms with Crippen molar-refractivity contribution in [1.29, 1.82) is 0 Å². The molecule has 4 aromatic rings. The molecule has 256 valence electrons. The molecule has 0 unspecified atom stereocenters. The molecule has 0 aromatic carbocycles. The van der Waals surface area contributed by atoms with Crippen LogP contribution in [0.15, 0.2) is 38.6 Å². The zero-order chi connectivity index (χ0) is 36.0. The highest BCUT2D eigenvalue weighted by atomic mass is 79.9. The number of hydrogen-bond acceptors (Lipinski definition) is 10. The number of nitrogens with one attached hydrogen (secondary N) is 1. The number of fused-ring (bicyclic) bond motifs is 2. The largest absolute Gasteiger partial charge is 0.490 e. The zero-order valence-electron chi connectivity index (χ0n) is 27.1. The van der Waals surface area contributed by atoms with E-state index in [-0.39, 0.29) is 28.5 Å². The SMILES string of the molecule is CC(C)(N)C(=O)O.CCc1nc2c(F)cc(Br)cn2c(=O)c1OC.CCc1nc2c(F)cc(NC(C)(C)C(=O)O)cn2c(=O)c1OC. The average Bonchev–Trinajstić information content (AvgIpc) is 2.97. The van der Waals surface area contributed by atoms with Crippen molar-refractivity contribution in [2.45, 2.75) is 65.5 Å². The molecular weight excluding hydrogens is 690 g/mol. The Bertz CT molecular complexity index is 1920. The summed E-state index contributed by atoms with van der Waals surface area (Å²) in [5.41, 5.74) is 2.56. The number of aliphatic carboxylic acids is 2. The van der Waals surface area contributed by atoms with Crippen LogP contribution in [0.4, 0.5) is 14.5 Å². The number of carboxylic acids is 2. The molecule has 47 heavy (non-hydrogen) atoms. The monoisotopic (exact) mass is 726 g/mol. The van der Waals surface area contributed by atoms with Gasteiger partial charge in [-0.2, -0.15) is 0 Å². The number of pyridine rings is 2. The number of aryl methyl sites for hydroxylation is 2. The Morgan fingerprint density at radius 1 is 0.872 bits per heavy atom. The van der Waals surface area contributed by atoms with Gasteiger partial charge in [-0.1, -0.05) is 13.8 Å². The van der Waals surface area contributed by atoms with Crippen molar-refractivity contribution < 1.29 is 38.1 Å². The summed E-state index contributed by atoms with van der Waals surface area (Å²) in [6.07, 6.45) is 3.70. The molecule has 17 heteroatoms. The number of ether oxygens (including phenoxy) is 2. The Labute approximate surface area is 276 Å². The normalized spacial score (nSPS) is 11.2. The highest BCUT2D eigenvalue weighted by Gasteiger charge is 2.27. The third-order valence-electron chi connectivity index (χ3n) is 6.40. The maximum atomic E-state index is 14.3. The van der Waals surface area contributed by atoms with Gasteiger partial charge in [0, 0.05) is 22.9 Å². The van der Waals surface area contributed by atoms with E-state index < -0.39 is 45.8 Å². The second-order valence-corrected chi connectivity index (χ2v) is 12.0. The lowest BCUT2D eigenvalue weighted by Gasteiger charge is -2.22. The summed E-state index contributed by atoms with van der Waals surface area (Å²) in [6.45, 7) is 9.35. The molecule has 4 rings (SSSR count). The topological polar surface area (TPSA) is 200 Å². The molecule has 0 atom stereocenters. The Morgan fingerprint density at radius 3 is 1.64 bits per heavy atom. The van der Waals surface area contributed by atoms with Gasteiger partial charge in [0.2, 0.25) is 11.5 Å². The van der Waals surface area contributed by atoms with Crippen molar-refractivity contribution in [2.24, 2.45) is 5.73 Å². The number of halogens is 3. The van der Waals surface area contributed by atoms with E-state index in [0.717, 1.165) is 14.9 Å². The first-order valence-electron chi connectivity index (χ1n) is 14.0. The summed E-state index contributed by atoms with van der Waals surface area (Å²) < 4.78 is 40.7. The van der Waals surface area contributed by atoms with E-state index in [1.54, 1.807) is 6.92 Å². The van der Waals surface area contributed by atoms with Crippen LogP contribution in [0.2, 0.25) is 0 Å². The Morgan fingerprint density at radius 2 is 1.28 bits per heavy atom. The molecule has 14 nitrogen and oxygen atoms in total. The molecule has 5 N–H and O–H groups in total. The van der Waals surface area contributed by atoms with Crippen molar-refractivity contribution in [3.05, 3.63) is 72.7 Å². The van der Waals surface area contributed by atoms with Crippen LogP contribution >= 0.6 is 15.9 Å². The fourth-order valence-electron chi connectivity index (χ4n) is 3.80. The summed E-state index contributed by atoms with van der Waals surface area (Å²) in [7, 11) is 2.74. The van der Waals surface area contributed by atoms with Gasteiger partial charge in [0.15, 0.2) is 22.9 Å². The molecule has 0 radical (unpaired) electrons. The van der Waals surface area contributed by atoms with Crippen LogP contribution in [-0.2, 0) is 22.4 Å². The lowest BCUT2D eigenvalue weighted by molar-refractivity contribution is -0.142. The predicted octanol–water partition coefficient (Wildman–Crippen LogP) is 3.66. The molecule has 0 saturated heterocycles. The van der Waals surface area contributed by atoms with Gasteiger partial charge >= 0.3 is 23.1 Å². The van der Waals surface area contributed by atoms with Crippen molar-refractivity contribution in [1.82, 2.24) is 18.8 Å². The first-order valence-corrected chi connectivity index (χ1v) is 14.8. The molecule has 0 spiro atoms. The minimum absolute atomic E-state index is 0.0100. The molecule has 4 heterocycles. The Kier molecular flexibility index (Phi) is 12.5.